The second-order valence-electron chi connectivity index (χ2n) is 5.77. The first-order valence-electron chi connectivity index (χ1n) is 7.52. The third-order valence-corrected chi connectivity index (χ3v) is 4.18. The molecule has 1 aliphatic heterocycles. The van der Waals surface area contributed by atoms with Gasteiger partial charge in [0.25, 0.3) is 0 Å². The van der Waals surface area contributed by atoms with Gasteiger partial charge in [0, 0.05) is 11.1 Å². The highest BCUT2D eigenvalue weighted by atomic mass is 16.6. The van der Waals surface area contributed by atoms with E-state index in [1.165, 1.54) is 26.0 Å². The predicted molar refractivity (Wildman–Crippen MR) is 87.3 cm³/mol. The lowest BCUT2D eigenvalue weighted by molar-refractivity contribution is 0.0694. The molecule has 1 aliphatic rings. The Morgan fingerprint density at radius 3 is 2.42 bits per heavy atom. The summed E-state index contributed by atoms with van der Waals surface area (Å²) in [5, 5.41) is 28.9. The summed E-state index contributed by atoms with van der Waals surface area (Å²) in [6, 6.07) is 2.42. The zero-order valence-corrected chi connectivity index (χ0v) is 13.8. The molecule has 0 saturated carbocycles. The zero-order valence-electron chi connectivity index (χ0n) is 13.8. The quantitative estimate of drug-likeness (QED) is 0.433. The van der Waals surface area contributed by atoms with E-state index >= 15 is 0 Å². The fourth-order valence-electron chi connectivity index (χ4n) is 2.87. The number of aryl methyl sites for hydroxylation is 1. The molecule has 8 heteroatoms. The van der Waals surface area contributed by atoms with Crippen LogP contribution in [0.2, 0.25) is 0 Å². The second kappa shape index (κ2) is 6.16. The Hall–Kier alpha value is -3.39. The molecule has 0 bridgehead atoms. The van der Waals surface area contributed by atoms with E-state index in [0.29, 0.717) is 11.8 Å². The first-order valence-corrected chi connectivity index (χ1v) is 7.52. The van der Waals surface area contributed by atoms with Crippen LogP contribution in [0.4, 0.5) is 0 Å². The summed E-state index contributed by atoms with van der Waals surface area (Å²) in [5.74, 6) is -2.97. The van der Waals surface area contributed by atoms with Gasteiger partial charge in [-0.3, -0.25) is 4.79 Å². The number of aliphatic hydroxyl groups is 1. The fourth-order valence-corrected chi connectivity index (χ4v) is 2.87. The van der Waals surface area contributed by atoms with E-state index in [2.05, 4.69) is 0 Å². The van der Waals surface area contributed by atoms with Crippen LogP contribution in [0.3, 0.4) is 0 Å². The van der Waals surface area contributed by atoms with E-state index in [-0.39, 0.29) is 50.8 Å². The van der Waals surface area contributed by atoms with Gasteiger partial charge in [-0.25, -0.2) is 9.59 Å². The van der Waals surface area contributed by atoms with E-state index in [1.807, 2.05) is 0 Å². The maximum absolute atomic E-state index is 12.6. The van der Waals surface area contributed by atoms with Crippen LogP contribution in [-0.2, 0) is 6.61 Å². The molecule has 0 radical (unpaired) electrons. The SMILES string of the molecule is Cc1cc(O)c(C=O)c2c1C(=O)Oc1c(CO)cc(C(=O)O)c(C)c1O2. The van der Waals surface area contributed by atoms with Crippen LogP contribution in [0.15, 0.2) is 12.1 Å². The van der Waals surface area contributed by atoms with E-state index < -0.39 is 18.5 Å². The molecule has 8 nitrogen and oxygen atoms in total. The third kappa shape index (κ3) is 2.47. The number of benzene rings is 2. The zero-order chi connectivity index (χ0) is 19.2. The maximum Gasteiger partial charge on any atom is 0.347 e. The van der Waals surface area contributed by atoms with Crippen LogP contribution in [0.1, 0.15) is 47.8 Å². The van der Waals surface area contributed by atoms with Gasteiger partial charge in [0.15, 0.2) is 23.5 Å². The summed E-state index contributed by atoms with van der Waals surface area (Å²) in [7, 11) is 0. The van der Waals surface area contributed by atoms with Crippen LogP contribution in [0.25, 0.3) is 0 Å². The van der Waals surface area contributed by atoms with Gasteiger partial charge in [0.2, 0.25) is 0 Å². The molecular weight excluding hydrogens is 344 g/mol. The number of ether oxygens (including phenoxy) is 2. The van der Waals surface area contributed by atoms with Crippen LogP contribution >= 0.6 is 0 Å². The molecule has 0 amide bonds. The largest absolute Gasteiger partial charge is 0.507 e. The number of aromatic hydroxyl groups is 1. The summed E-state index contributed by atoms with van der Waals surface area (Å²) in [6.07, 6.45) is 0.329. The van der Waals surface area contributed by atoms with E-state index in [4.69, 9.17) is 9.47 Å². The van der Waals surface area contributed by atoms with Gasteiger partial charge < -0.3 is 24.8 Å². The minimum atomic E-state index is -1.26. The Labute approximate surface area is 147 Å². The molecule has 0 spiro atoms. The predicted octanol–water partition coefficient (Wildman–Crippen LogP) is 2.34. The number of aromatic carboxylic acids is 1. The number of carbonyl (C=O) groups is 3. The number of hydrogen-bond acceptors (Lipinski definition) is 7. The molecule has 2 aromatic rings. The van der Waals surface area contributed by atoms with E-state index in [9.17, 15) is 29.7 Å². The van der Waals surface area contributed by atoms with Crippen molar-refractivity contribution in [3.8, 4) is 23.0 Å². The van der Waals surface area contributed by atoms with Crippen molar-refractivity contribution in [2.75, 3.05) is 0 Å². The molecule has 0 fully saturated rings. The number of phenolic OH excluding ortho intramolecular Hbond substituents is 1. The highest BCUT2D eigenvalue weighted by molar-refractivity contribution is 6.02. The molecule has 0 atom stereocenters. The minimum Gasteiger partial charge on any atom is -0.507 e. The lowest BCUT2D eigenvalue weighted by atomic mass is 10.0. The molecule has 1 heterocycles. The number of esters is 1. The monoisotopic (exact) mass is 358 g/mol. The lowest BCUT2D eigenvalue weighted by Crippen LogP contribution is -2.11. The van der Waals surface area contributed by atoms with Crippen molar-refractivity contribution in [3.05, 3.63) is 45.5 Å². The van der Waals surface area contributed by atoms with Gasteiger partial charge in [-0.15, -0.1) is 0 Å². The fraction of sp³-hybridized carbons (Fsp3) is 0.167. The van der Waals surface area contributed by atoms with Crippen molar-refractivity contribution >= 4 is 18.2 Å². The average Bonchev–Trinajstić information content (AvgIpc) is 2.72. The van der Waals surface area contributed by atoms with Gasteiger partial charge in [0.05, 0.1) is 17.7 Å². The van der Waals surface area contributed by atoms with Crippen molar-refractivity contribution in [2.45, 2.75) is 20.5 Å². The Bertz CT molecular complexity index is 974. The molecule has 0 saturated heterocycles. The van der Waals surface area contributed by atoms with Crippen LogP contribution in [0, 0.1) is 13.8 Å². The molecule has 26 heavy (non-hydrogen) atoms. The van der Waals surface area contributed by atoms with E-state index in [1.54, 1.807) is 0 Å². The first kappa shape index (κ1) is 17.4. The second-order valence-corrected chi connectivity index (χ2v) is 5.77. The summed E-state index contributed by atoms with van der Waals surface area (Å²) >= 11 is 0. The molecule has 0 unspecified atom stereocenters. The van der Waals surface area contributed by atoms with E-state index in [0.717, 1.165) is 0 Å². The smallest absolute Gasteiger partial charge is 0.347 e. The number of carbonyl (C=O) groups excluding carboxylic acids is 2. The number of hydrogen-bond donors (Lipinski definition) is 3. The summed E-state index contributed by atoms with van der Waals surface area (Å²) in [4.78, 5) is 35.4. The third-order valence-electron chi connectivity index (χ3n) is 4.18. The number of fused-ring (bicyclic) bond motifs is 2. The number of carboxylic acid groups (broad SMARTS) is 1. The summed E-state index contributed by atoms with van der Waals surface area (Å²) in [5.41, 5.74) is 0.00335. The van der Waals surface area contributed by atoms with Crippen LogP contribution < -0.4 is 9.47 Å². The van der Waals surface area contributed by atoms with Gasteiger partial charge in [0.1, 0.15) is 11.3 Å². The van der Waals surface area contributed by atoms with Gasteiger partial charge in [-0.2, -0.15) is 0 Å². The van der Waals surface area contributed by atoms with Crippen LogP contribution in [-0.4, -0.2) is 33.5 Å². The molecular formula is C18H14O8. The molecule has 3 rings (SSSR count). The molecule has 2 aromatic carbocycles. The number of aldehydes is 1. The number of carboxylic acids is 1. The van der Waals surface area contributed by atoms with Crippen molar-refractivity contribution in [1.29, 1.82) is 0 Å². The Morgan fingerprint density at radius 2 is 1.85 bits per heavy atom. The van der Waals surface area contributed by atoms with Crippen LogP contribution in [0.5, 0.6) is 23.0 Å². The summed E-state index contributed by atoms with van der Waals surface area (Å²) < 4.78 is 11.0. The van der Waals surface area contributed by atoms with Crippen molar-refractivity contribution < 1.29 is 39.2 Å². The van der Waals surface area contributed by atoms with Gasteiger partial charge in [-0.05, 0) is 31.5 Å². The average molecular weight is 358 g/mol. The number of rotatable bonds is 3. The topological polar surface area (TPSA) is 130 Å². The number of aliphatic hydroxyl groups excluding tert-OH is 1. The van der Waals surface area contributed by atoms with Gasteiger partial charge >= 0.3 is 11.9 Å². The highest BCUT2D eigenvalue weighted by Gasteiger charge is 2.32. The molecule has 3 N–H and O–H groups in total. The normalized spacial score (nSPS) is 12.3. The van der Waals surface area contributed by atoms with Crippen molar-refractivity contribution in [3.63, 3.8) is 0 Å². The Balaban J connectivity index is 2.39. The van der Waals surface area contributed by atoms with Crippen molar-refractivity contribution in [2.24, 2.45) is 0 Å². The molecule has 0 aliphatic carbocycles. The number of phenols is 1. The maximum atomic E-state index is 12.6. The lowest BCUT2D eigenvalue weighted by Gasteiger charge is -2.16. The minimum absolute atomic E-state index is 0.0404. The Kier molecular flexibility index (Phi) is 4.13. The first-order chi connectivity index (χ1) is 12.3. The molecule has 0 aromatic heterocycles. The van der Waals surface area contributed by atoms with Gasteiger partial charge in [-0.1, -0.05) is 0 Å². The van der Waals surface area contributed by atoms with Crippen molar-refractivity contribution in [1.82, 2.24) is 0 Å². The summed E-state index contributed by atoms with van der Waals surface area (Å²) in [6.45, 7) is 2.37. The Morgan fingerprint density at radius 1 is 1.15 bits per heavy atom. The highest BCUT2D eigenvalue weighted by Crippen LogP contribution is 2.46. The standard InChI is InChI=1S/C18H14O8/c1-7-3-12(21)11(6-20)16-13(7)18(24)26-15-9(5-19)4-10(17(22)23)8(2)14(15)25-16/h3-4,6,19,21H,5H2,1-2H3,(H,22,23). The molecule has 134 valence electrons.